The summed E-state index contributed by atoms with van der Waals surface area (Å²) in [6, 6.07) is 9.36. The Balaban J connectivity index is 1.83. The maximum atomic E-state index is 12.8. The number of aliphatic hydroxyl groups excluding tert-OH is 1. The van der Waals surface area contributed by atoms with Crippen LogP contribution in [-0.4, -0.2) is 35.2 Å². The van der Waals surface area contributed by atoms with E-state index in [-0.39, 0.29) is 24.4 Å². The minimum absolute atomic E-state index is 0.0595. The quantitative estimate of drug-likeness (QED) is 0.590. The molecule has 0 radical (unpaired) electrons. The summed E-state index contributed by atoms with van der Waals surface area (Å²) in [5, 5.41) is 23.1. The number of carbonyl (C=O) groups excluding carboxylic acids is 1. The number of carbonyl (C=O) groups is 1. The first-order valence-corrected chi connectivity index (χ1v) is 7.46. The van der Waals surface area contributed by atoms with E-state index >= 15 is 0 Å². The van der Waals surface area contributed by atoms with Crippen molar-refractivity contribution in [1.82, 2.24) is 5.32 Å². The fourth-order valence-corrected chi connectivity index (χ4v) is 2.10. The molecule has 0 bridgehead atoms. The van der Waals surface area contributed by atoms with Gasteiger partial charge in [0.25, 0.3) is 11.6 Å². The van der Waals surface area contributed by atoms with Gasteiger partial charge in [0, 0.05) is 23.7 Å². The molecule has 7 nitrogen and oxygen atoms in total. The molecule has 0 fully saturated rings. The lowest BCUT2D eigenvalue weighted by Gasteiger charge is -2.13. The Labute approximate surface area is 143 Å². The van der Waals surface area contributed by atoms with Crippen molar-refractivity contribution in [3.05, 3.63) is 69.5 Å². The Morgan fingerprint density at radius 1 is 1.32 bits per heavy atom. The molecule has 0 heterocycles. The molecule has 2 N–H and O–H groups in total. The molecule has 0 saturated carbocycles. The van der Waals surface area contributed by atoms with Crippen molar-refractivity contribution in [2.24, 2.45) is 0 Å². The highest BCUT2D eigenvalue weighted by Gasteiger charge is 2.14. The highest BCUT2D eigenvalue weighted by molar-refractivity contribution is 5.94. The fraction of sp³-hybridized carbons (Fsp3) is 0.235. The van der Waals surface area contributed by atoms with Crippen LogP contribution in [0.4, 0.5) is 10.1 Å². The molecule has 1 amide bonds. The van der Waals surface area contributed by atoms with Crippen molar-refractivity contribution in [2.75, 3.05) is 13.2 Å². The standard InChI is InChI=1S/C17H17FN2O5/c1-11-8-12(2-7-16(11)20(23)24)17(22)19-9-14(21)10-25-15-5-3-13(18)4-6-15/h2-8,14,21H,9-10H2,1H3,(H,19,22)/t14-/m0/s1. The monoisotopic (exact) mass is 348 g/mol. The zero-order valence-corrected chi connectivity index (χ0v) is 13.4. The van der Waals surface area contributed by atoms with Crippen molar-refractivity contribution in [3.8, 4) is 5.75 Å². The second kappa shape index (κ2) is 8.20. The lowest BCUT2D eigenvalue weighted by atomic mass is 10.1. The summed E-state index contributed by atoms with van der Waals surface area (Å²) < 4.78 is 18.0. The number of nitro groups is 1. The van der Waals surface area contributed by atoms with E-state index in [9.17, 15) is 24.4 Å². The number of aliphatic hydroxyl groups is 1. The second-order valence-electron chi connectivity index (χ2n) is 5.39. The van der Waals surface area contributed by atoms with Crippen LogP contribution in [0, 0.1) is 22.9 Å². The van der Waals surface area contributed by atoms with Crippen LogP contribution in [-0.2, 0) is 0 Å². The van der Waals surface area contributed by atoms with E-state index < -0.39 is 22.8 Å². The second-order valence-corrected chi connectivity index (χ2v) is 5.39. The number of nitro benzene ring substituents is 1. The van der Waals surface area contributed by atoms with E-state index in [1.165, 1.54) is 42.5 Å². The molecule has 132 valence electrons. The number of hydrogen-bond acceptors (Lipinski definition) is 5. The van der Waals surface area contributed by atoms with E-state index in [0.717, 1.165) is 0 Å². The van der Waals surface area contributed by atoms with Crippen molar-refractivity contribution in [2.45, 2.75) is 13.0 Å². The van der Waals surface area contributed by atoms with Crippen LogP contribution in [0.5, 0.6) is 5.75 Å². The Hall–Kier alpha value is -3.00. The van der Waals surface area contributed by atoms with Crippen LogP contribution in [0.1, 0.15) is 15.9 Å². The molecule has 1 atom stereocenters. The Bertz CT molecular complexity index is 764. The zero-order chi connectivity index (χ0) is 18.4. The third kappa shape index (κ3) is 5.25. The van der Waals surface area contributed by atoms with Gasteiger partial charge >= 0.3 is 0 Å². The molecule has 8 heteroatoms. The van der Waals surface area contributed by atoms with E-state index in [1.807, 2.05) is 0 Å². The normalized spacial score (nSPS) is 11.6. The minimum Gasteiger partial charge on any atom is -0.491 e. The lowest BCUT2D eigenvalue weighted by Crippen LogP contribution is -2.35. The number of hydrogen-bond donors (Lipinski definition) is 2. The molecule has 0 saturated heterocycles. The van der Waals surface area contributed by atoms with Crippen LogP contribution in [0.2, 0.25) is 0 Å². The molecule has 2 aromatic rings. The first kappa shape index (κ1) is 18.3. The van der Waals surface area contributed by atoms with E-state index in [2.05, 4.69) is 5.32 Å². The molecule has 0 aliphatic rings. The Kier molecular flexibility index (Phi) is 6.02. The smallest absolute Gasteiger partial charge is 0.272 e. The van der Waals surface area contributed by atoms with Gasteiger partial charge in [-0.1, -0.05) is 0 Å². The van der Waals surface area contributed by atoms with Gasteiger partial charge in [0.05, 0.1) is 4.92 Å². The summed E-state index contributed by atoms with van der Waals surface area (Å²) >= 11 is 0. The van der Waals surface area contributed by atoms with Gasteiger partial charge in [-0.3, -0.25) is 14.9 Å². The molecule has 2 aromatic carbocycles. The van der Waals surface area contributed by atoms with Crippen molar-refractivity contribution >= 4 is 11.6 Å². The van der Waals surface area contributed by atoms with Gasteiger partial charge in [-0.2, -0.15) is 0 Å². The molecular weight excluding hydrogens is 331 g/mol. The molecule has 0 unspecified atom stereocenters. The Morgan fingerprint density at radius 3 is 2.60 bits per heavy atom. The lowest BCUT2D eigenvalue weighted by molar-refractivity contribution is -0.385. The Morgan fingerprint density at radius 2 is 2.00 bits per heavy atom. The van der Waals surface area contributed by atoms with Crippen LogP contribution in [0.15, 0.2) is 42.5 Å². The van der Waals surface area contributed by atoms with Gasteiger partial charge in [0.2, 0.25) is 0 Å². The summed E-state index contributed by atoms with van der Waals surface area (Å²) in [5.41, 5.74) is 0.567. The fourth-order valence-electron chi connectivity index (χ4n) is 2.10. The number of aryl methyl sites for hydroxylation is 1. The van der Waals surface area contributed by atoms with E-state index in [1.54, 1.807) is 6.92 Å². The van der Waals surface area contributed by atoms with Crippen LogP contribution in [0.25, 0.3) is 0 Å². The average molecular weight is 348 g/mol. The van der Waals surface area contributed by atoms with Crippen molar-refractivity contribution < 1.29 is 24.0 Å². The molecule has 0 aliphatic heterocycles. The summed E-state index contributed by atoms with van der Waals surface area (Å²) in [6.45, 7) is 1.40. The topological polar surface area (TPSA) is 102 Å². The highest BCUT2D eigenvalue weighted by atomic mass is 19.1. The highest BCUT2D eigenvalue weighted by Crippen LogP contribution is 2.18. The van der Waals surface area contributed by atoms with Crippen LogP contribution < -0.4 is 10.1 Å². The molecule has 25 heavy (non-hydrogen) atoms. The molecular formula is C17H17FN2O5. The molecule has 0 aromatic heterocycles. The van der Waals surface area contributed by atoms with Gasteiger partial charge in [0.15, 0.2) is 0 Å². The summed E-state index contributed by atoms with van der Waals surface area (Å²) in [6.07, 6.45) is -0.965. The number of nitrogens with one attached hydrogen (secondary N) is 1. The third-order valence-electron chi connectivity index (χ3n) is 3.41. The van der Waals surface area contributed by atoms with E-state index in [4.69, 9.17) is 4.74 Å². The number of rotatable bonds is 7. The van der Waals surface area contributed by atoms with Gasteiger partial charge in [-0.15, -0.1) is 0 Å². The average Bonchev–Trinajstić information content (AvgIpc) is 2.58. The largest absolute Gasteiger partial charge is 0.491 e. The summed E-state index contributed by atoms with van der Waals surface area (Å²) in [5.74, 6) is -0.449. The van der Waals surface area contributed by atoms with Crippen molar-refractivity contribution in [1.29, 1.82) is 0 Å². The summed E-state index contributed by atoms with van der Waals surface area (Å²) in [4.78, 5) is 22.3. The summed E-state index contributed by atoms with van der Waals surface area (Å²) in [7, 11) is 0. The molecule has 0 aliphatic carbocycles. The zero-order valence-electron chi connectivity index (χ0n) is 13.4. The van der Waals surface area contributed by atoms with Crippen LogP contribution >= 0.6 is 0 Å². The maximum absolute atomic E-state index is 12.8. The first-order chi connectivity index (χ1) is 11.9. The predicted molar refractivity (Wildman–Crippen MR) is 88.1 cm³/mol. The SMILES string of the molecule is Cc1cc(C(=O)NC[C@H](O)COc2ccc(F)cc2)ccc1[N+](=O)[O-]. The number of nitrogens with zero attached hydrogens (tertiary/aromatic N) is 1. The van der Waals surface area contributed by atoms with Gasteiger partial charge in [-0.25, -0.2) is 4.39 Å². The maximum Gasteiger partial charge on any atom is 0.272 e. The van der Waals surface area contributed by atoms with Crippen molar-refractivity contribution in [3.63, 3.8) is 0 Å². The number of halogens is 1. The number of amides is 1. The number of ether oxygens (including phenoxy) is 1. The predicted octanol–water partition coefficient (Wildman–Crippen LogP) is 2.21. The first-order valence-electron chi connectivity index (χ1n) is 7.46. The van der Waals surface area contributed by atoms with E-state index in [0.29, 0.717) is 11.3 Å². The molecule has 0 spiro atoms. The third-order valence-corrected chi connectivity index (χ3v) is 3.41. The van der Waals surface area contributed by atoms with Gasteiger partial charge < -0.3 is 15.2 Å². The molecule has 2 rings (SSSR count). The van der Waals surface area contributed by atoms with Crippen LogP contribution in [0.3, 0.4) is 0 Å². The minimum atomic E-state index is -0.965. The van der Waals surface area contributed by atoms with Gasteiger partial charge in [0.1, 0.15) is 24.3 Å². The van der Waals surface area contributed by atoms with Gasteiger partial charge in [-0.05, 0) is 43.3 Å². The number of benzene rings is 2.